The number of rotatable bonds is 11. The molecule has 166 valence electrons. The molecule has 2 amide bonds. The summed E-state index contributed by atoms with van der Waals surface area (Å²) in [7, 11) is 1.48. The van der Waals surface area contributed by atoms with Gasteiger partial charge in [0.15, 0.2) is 0 Å². The van der Waals surface area contributed by atoms with Crippen LogP contribution in [-0.4, -0.2) is 71.2 Å². The first-order valence-electron chi connectivity index (χ1n) is 9.56. The zero-order valence-electron chi connectivity index (χ0n) is 17.8. The normalized spacial score (nSPS) is 12.8. The molecule has 0 saturated heterocycles. The first-order valence-corrected chi connectivity index (χ1v) is 9.56. The monoisotopic (exact) mass is 424 g/mol. The number of carbonyl (C=O) groups is 2. The van der Waals surface area contributed by atoms with E-state index in [1.807, 2.05) is 0 Å². The van der Waals surface area contributed by atoms with Crippen molar-refractivity contribution < 1.29 is 29.0 Å². The van der Waals surface area contributed by atoms with E-state index in [1.165, 1.54) is 29.3 Å². The molecule has 0 aliphatic carbocycles. The largest absolute Gasteiger partial charge is 0.571 e. The SMILES string of the molecule is CCN(CC)[N+]([O-])=NC(=O)C(Oc1ccc(OC)cc1)C(=O)N=[N+]([O-])N(CC)CC. The molecule has 1 rings (SSSR count). The number of nitrogens with zero attached hydrogens (tertiary/aromatic N) is 6. The van der Waals surface area contributed by atoms with Gasteiger partial charge in [-0.1, -0.05) is 0 Å². The van der Waals surface area contributed by atoms with E-state index in [0.717, 1.165) is 0 Å². The van der Waals surface area contributed by atoms with Crippen LogP contribution in [0.2, 0.25) is 0 Å². The second kappa shape index (κ2) is 12.2. The van der Waals surface area contributed by atoms with Crippen molar-refractivity contribution >= 4 is 11.8 Å². The summed E-state index contributed by atoms with van der Waals surface area (Å²) in [6.45, 7) is 8.04. The molecular formula is C18H28N6O6. The molecule has 1 aromatic rings. The van der Waals surface area contributed by atoms with Gasteiger partial charge in [-0.25, -0.2) is 0 Å². The summed E-state index contributed by atoms with van der Waals surface area (Å²) >= 11 is 0. The van der Waals surface area contributed by atoms with Crippen molar-refractivity contribution in [3.8, 4) is 11.5 Å². The van der Waals surface area contributed by atoms with Crippen LogP contribution in [0.4, 0.5) is 0 Å². The van der Waals surface area contributed by atoms with E-state index in [2.05, 4.69) is 10.2 Å². The fourth-order valence-electron chi connectivity index (χ4n) is 2.33. The van der Waals surface area contributed by atoms with E-state index in [0.29, 0.717) is 31.9 Å². The summed E-state index contributed by atoms with van der Waals surface area (Å²) in [6, 6.07) is 6.04. The minimum Gasteiger partial charge on any atom is -0.571 e. The molecule has 1 aromatic carbocycles. The summed E-state index contributed by atoms with van der Waals surface area (Å²) in [5, 5.41) is 33.3. The second-order valence-corrected chi connectivity index (χ2v) is 5.83. The molecule has 12 heteroatoms. The molecule has 0 heterocycles. The Morgan fingerprint density at radius 2 is 1.23 bits per heavy atom. The van der Waals surface area contributed by atoms with Gasteiger partial charge in [-0.3, -0.25) is 9.59 Å². The predicted octanol–water partition coefficient (Wildman–Crippen LogP) is 1.93. The number of amides is 2. The molecule has 30 heavy (non-hydrogen) atoms. The van der Waals surface area contributed by atoms with E-state index in [4.69, 9.17) is 9.47 Å². The topological polar surface area (TPSA) is 136 Å². The average Bonchev–Trinajstić information content (AvgIpc) is 2.73. The molecule has 0 aliphatic heterocycles. The van der Waals surface area contributed by atoms with Gasteiger partial charge in [0, 0.05) is 9.94 Å². The summed E-state index contributed by atoms with van der Waals surface area (Å²) in [6.07, 6.45) is -1.91. The number of methoxy groups -OCH3 is 1. The number of hydrazine groups is 2. The van der Waals surface area contributed by atoms with Gasteiger partial charge in [0.2, 0.25) is 0 Å². The molecule has 0 aliphatic rings. The Bertz CT molecular complexity index is 719. The summed E-state index contributed by atoms with van der Waals surface area (Å²) in [5.41, 5.74) is 0. The maximum Gasteiger partial charge on any atom is 0.363 e. The smallest absolute Gasteiger partial charge is 0.363 e. The summed E-state index contributed by atoms with van der Waals surface area (Å²) in [4.78, 5) is 25.3. The van der Waals surface area contributed by atoms with Gasteiger partial charge < -0.3 is 19.9 Å². The molecule has 0 aromatic heterocycles. The van der Waals surface area contributed by atoms with Crippen molar-refractivity contribution in [2.24, 2.45) is 10.2 Å². The highest BCUT2D eigenvalue weighted by Gasteiger charge is 2.35. The minimum absolute atomic E-state index is 0.0966. The van der Waals surface area contributed by atoms with Crippen molar-refractivity contribution in [3.63, 3.8) is 0 Å². The lowest BCUT2D eigenvalue weighted by Crippen LogP contribution is -2.39. The van der Waals surface area contributed by atoms with Gasteiger partial charge in [0.25, 0.3) is 6.10 Å². The van der Waals surface area contributed by atoms with Crippen LogP contribution >= 0.6 is 0 Å². The van der Waals surface area contributed by atoms with Crippen molar-refractivity contribution in [1.29, 1.82) is 0 Å². The van der Waals surface area contributed by atoms with Gasteiger partial charge in [0.1, 0.15) is 11.5 Å². The lowest BCUT2D eigenvalue weighted by Gasteiger charge is -2.16. The van der Waals surface area contributed by atoms with E-state index < -0.39 is 17.9 Å². The summed E-state index contributed by atoms with van der Waals surface area (Å²) < 4.78 is 10.5. The molecule has 0 unspecified atom stereocenters. The standard InChI is InChI=1S/C18H28N6O6/c1-6-21(7-2)23(27)19-17(25)16(18(26)20-24(28)22(8-3)9-4)30-15-12-10-14(29-5)11-13-15/h10-13,16H,6-9H2,1-5H3. The van der Waals surface area contributed by atoms with Gasteiger partial charge in [-0.15, -0.1) is 10.0 Å². The highest BCUT2D eigenvalue weighted by Crippen LogP contribution is 2.19. The Hall–Kier alpha value is -3.44. The van der Waals surface area contributed by atoms with Crippen molar-refractivity contribution in [3.05, 3.63) is 34.7 Å². The molecule has 12 nitrogen and oxygen atoms in total. The molecule has 0 fully saturated rings. The van der Waals surface area contributed by atoms with Crippen molar-refractivity contribution in [2.75, 3.05) is 33.3 Å². The molecular weight excluding hydrogens is 396 g/mol. The highest BCUT2D eigenvalue weighted by atomic mass is 16.6. The minimum atomic E-state index is -1.91. The number of hydrogen-bond donors (Lipinski definition) is 0. The predicted molar refractivity (Wildman–Crippen MR) is 105 cm³/mol. The molecule has 0 radical (unpaired) electrons. The highest BCUT2D eigenvalue weighted by molar-refractivity contribution is 6.03. The van der Waals surface area contributed by atoms with Crippen LogP contribution in [-0.2, 0) is 9.59 Å². The van der Waals surface area contributed by atoms with E-state index >= 15 is 0 Å². The Kier molecular flexibility index (Phi) is 10.00. The third kappa shape index (κ3) is 6.87. The van der Waals surface area contributed by atoms with Crippen LogP contribution in [0.15, 0.2) is 34.5 Å². The molecule has 0 N–H and O–H groups in total. The lowest BCUT2D eigenvalue weighted by molar-refractivity contribution is -0.688. The molecule has 0 atom stereocenters. The zero-order chi connectivity index (χ0) is 22.7. The first kappa shape index (κ1) is 24.6. The van der Waals surface area contributed by atoms with Gasteiger partial charge in [0.05, 0.1) is 43.5 Å². The van der Waals surface area contributed by atoms with Crippen molar-refractivity contribution in [1.82, 2.24) is 10.0 Å². The molecule has 0 spiro atoms. The van der Waals surface area contributed by atoms with Crippen LogP contribution < -0.4 is 9.47 Å². The van der Waals surface area contributed by atoms with Crippen LogP contribution in [0.5, 0.6) is 11.5 Å². The third-order valence-electron chi connectivity index (χ3n) is 4.07. The molecule has 0 saturated carbocycles. The van der Waals surface area contributed by atoms with E-state index in [9.17, 15) is 20.0 Å². The van der Waals surface area contributed by atoms with Crippen LogP contribution in [0.1, 0.15) is 27.7 Å². The summed E-state index contributed by atoms with van der Waals surface area (Å²) in [5.74, 6) is -1.71. The lowest BCUT2D eigenvalue weighted by atomic mass is 10.3. The van der Waals surface area contributed by atoms with E-state index in [1.54, 1.807) is 39.8 Å². The maximum atomic E-state index is 12.5. The number of hydrogen-bond acceptors (Lipinski definition) is 6. The first-order chi connectivity index (χ1) is 14.3. The Labute approximate surface area is 175 Å². The Morgan fingerprint density at radius 1 is 0.867 bits per heavy atom. The zero-order valence-corrected chi connectivity index (χ0v) is 17.8. The fourth-order valence-corrected chi connectivity index (χ4v) is 2.33. The van der Waals surface area contributed by atoms with E-state index in [-0.39, 0.29) is 15.7 Å². The van der Waals surface area contributed by atoms with Crippen molar-refractivity contribution in [2.45, 2.75) is 33.8 Å². The van der Waals surface area contributed by atoms with Crippen LogP contribution in [0.3, 0.4) is 0 Å². The maximum absolute atomic E-state index is 12.5. The van der Waals surface area contributed by atoms with Gasteiger partial charge in [-0.05, 0) is 52.0 Å². The van der Waals surface area contributed by atoms with Gasteiger partial charge in [-0.2, -0.15) is 0 Å². The number of ether oxygens (including phenoxy) is 2. The Balaban J connectivity index is 3.22. The average molecular weight is 424 g/mol. The fraction of sp³-hybridized carbons (Fsp3) is 0.556. The number of carbonyl (C=O) groups excluding carboxylic acids is 2. The van der Waals surface area contributed by atoms with Gasteiger partial charge >= 0.3 is 11.8 Å². The van der Waals surface area contributed by atoms with Crippen LogP contribution in [0.25, 0.3) is 0 Å². The second-order valence-electron chi connectivity index (χ2n) is 5.83. The quantitative estimate of drug-likeness (QED) is 0.227. The number of benzene rings is 1. The molecule has 0 bridgehead atoms. The Morgan fingerprint density at radius 3 is 1.57 bits per heavy atom. The van der Waals surface area contributed by atoms with Crippen LogP contribution in [0, 0.1) is 10.4 Å². The third-order valence-corrected chi connectivity index (χ3v) is 4.07.